The predicted octanol–water partition coefficient (Wildman–Crippen LogP) is 3.74. The van der Waals surface area contributed by atoms with Crippen LogP contribution in [0.3, 0.4) is 0 Å². The zero-order chi connectivity index (χ0) is 21.3. The third-order valence-electron chi connectivity index (χ3n) is 6.34. The van der Waals surface area contributed by atoms with E-state index in [1.807, 2.05) is 30.3 Å². The van der Waals surface area contributed by atoms with Crippen molar-refractivity contribution in [1.29, 1.82) is 0 Å². The van der Waals surface area contributed by atoms with Crippen molar-refractivity contribution in [2.45, 2.75) is 37.1 Å². The van der Waals surface area contributed by atoms with Crippen LogP contribution in [-0.4, -0.2) is 31.7 Å². The van der Waals surface area contributed by atoms with Crippen LogP contribution in [0.25, 0.3) is 0 Å². The molecule has 160 valence electrons. The Morgan fingerprint density at radius 3 is 2.27 bits per heavy atom. The third kappa shape index (κ3) is 4.27. The monoisotopic (exact) mass is 430 g/mol. The quantitative estimate of drug-likeness (QED) is 0.759. The Hall–Kier alpha value is -2.25. The Balaban J connectivity index is 1.40. The summed E-state index contributed by atoms with van der Waals surface area (Å²) in [5, 5.41) is 3.22. The van der Waals surface area contributed by atoms with Crippen LogP contribution < -0.4 is 5.32 Å². The Kier molecular flexibility index (Phi) is 5.93. The van der Waals surface area contributed by atoms with Crippen molar-refractivity contribution in [3.8, 4) is 0 Å². The van der Waals surface area contributed by atoms with Gasteiger partial charge in [-0.2, -0.15) is 4.31 Å². The van der Waals surface area contributed by atoms with Gasteiger partial charge in [-0.1, -0.05) is 49.4 Å². The van der Waals surface area contributed by atoms with E-state index >= 15 is 0 Å². The number of nitrogens with zero attached hydrogens (tertiary/aromatic N) is 1. The molecule has 2 aliphatic rings. The fourth-order valence-corrected chi connectivity index (χ4v) is 5.87. The number of amides is 1. The molecule has 2 fully saturated rings. The van der Waals surface area contributed by atoms with E-state index in [-0.39, 0.29) is 35.9 Å². The Labute approximate surface area is 177 Å². The van der Waals surface area contributed by atoms with Gasteiger partial charge < -0.3 is 5.32 Å². The molecule has 0 aromatic heterocycles. The average molecular weight is 431 g/mol. The van der Waals surface area contributed by atoms with Gasteiger partial charge in [0.05, 0.1) is 6.04 Å². The highest BCUT2D eigenvalue weighted by Gasteiger charge is 2.42. The summed E-state index contributed by atoms with van der Waals surface area (Å²) in [5.74, 6) is 0.0194. The van der Waals surface area contributed by atoms with Crippen LogP contribution in [0.2, 0.25) is 0 Å². The number of piperidine rings is 1. The van der Waals surface area contributed by atoms with E-state index in [0.29, 0.717) is 24.7 Å². The molecule has 30 heavy (non-hydrogen) atoms. The molecule has 3 atom stereocenters. The molecule has 2 aromatic rings. The van der Waals surface area contributed by atoms with Gasteiger partial charge in [0.25, 0.3) is 0 Å². The Morgan fingerprint density at radius 1 is 1.07 bits per heavy atom. The maximum absolute atomic E-state index is 14.0. The number of halogens is 1. The SMILES string of the molecule is CC1CC1C(NC(=O)C1CCN(S(=O)(=O)c2ccccc2F)CC1)c1ccccc1. The lowest BCUT2D eigenvalue weighted by Crippen LogP contribution is -2.44. The zero-order valence-electron chi connectivity index (χ0n) is 17.0. The number of carbonyl (C=O) groups excluding carboxylic acids is 1. The van der Waals surface area contributed by atoms with Crippen molar-refractivity contribution in [2.75, 3.05) is 13.1 Å². The Bertz CT molecular complexity index is 1000. The minimum atomic E-state index is -3.89. The van der Waals surface area contributed by atoms with Crippen molar-refractivity contribution in [3.63, 3.8) is 0 Å². The van der Waals surface area contributed by atoms with E-state index in [1.165, 1.54) is 22.5 Å². The molecule has 0 radical (unpaired) electrons. The second-order valence-electron chi connectivity index (χ2n) is 8.38. The predicted molar refractivity (Wildman–Crippen MR) is 112 cm³/mol. The van der Waals surface area contributed by atoms with Gasteiger partial charge in [0.1, 0.15) is 10.7 Å². The topological polar surface area (TPSA) is 66.5 Å². The lowest BCUT2D eigenvalue weighted by Gasteiger charge is -2.31. The summed E-state index contributed by atoms with van der Waals surface area (Å²) < 4.78 is 40.8. The molecule has 2 aromatic carbocycles. The summed E-state index contributed by atoms with van der Waals surface area (Å²) in [4.78, 5) is 12.7. The zero-order valence-corrected chi connectivity index (χ0v) is 17.8. The van der Waals surface area contributed by atoms with E-state index in [4.69, 9.17) is 0 Å². The van der Waals surface area contributed by atoms with Crippen LogP contribution in [0.1, 0.15) is 37.8 Å². The molecule has 1 amide bonds. The number of carbonyl (C=O) groups is 1. The lowest BCUT2D eigenvalue weighted by atomic mass is 9.95. The minimum absolute atomic E-state index is 0.00567. The van der Waals surface area contributed by atoms with E-state index < -0.39 is 15.8 Å². The fourth-order valence-electron chi connectivity index (χ4n) is 4.34. The number of hydrogen-bond donors (Lipinski definition) is 1. The smallest absolute Gasteiger partial charge is 0.245 e. The van der Waals surface area contributed by atoms with Crippen LogP contribution in [0.4, 0.5) is 4.39 Å². The molecule has 3 unspecified atom stereocenters. The van der Waals surface area contributed by atoms with Crippen molar-refractivity contribution >= 4 is 15.9 Å². The lowest BCUT2D eigenvalue weighted by molar-refractivity contribution is -0.127. The highest BCUT2D eigenvalue weighted by Crippen LogP contribution is 2.47. The van der Waals surface area contributed by atoms with Crippen molar-refractivity contribution < 1.29 is 17.6 Å². The van der Waals surface area contributed by atoms with Crippen LogP contribution in [0.5, 0.6) is 0 Å². The second kappa shape index (κ2) is 8.47. The molecule has 0 bridgehead atoms. The van der Waals surface area contributed by atoms with Gasteiger partial charge in [0.2, 0.25) is 15.9 Å². The molecule has 1 saturated carbocycles. The second-order valence-corrected chi connectivity index (χ2v) is 10.3. The highest BCUT2D eigenvalue weighted by atomic mass is 32.2. The first-order chi connectivity index (χ1) is 14.4. The van der Waals surface area contributed by atoms with E-state index in [2.05, 4.69) is 12.2 Å². The number of rotatable bonds is 6. The summed E-state index contributed by atoms with van der Waals surface area (Å²) in [7, 11) is -3.89. The van der Waals surface area contributed by atoms with E-state index in [1.54, 1.807) is 0 Å². The number of nitrogens with one attached hydrogen (secondary N) is 1. The first kappa shape index (κ1) is 21.0. The van der Waals surface area contributed by atoms with E-state index in [9.17, 15) is 17.6 Å². The van der Waals surface area contributed by atoms with Crippen molar-refractivity contribution in [2.24, 2.45) is 17.8 Å². The molecule has 7 heteroatoms. The number of sulfonamides is 1. The molecule has 1 aliphatic heterocycles. The van der Waals surface area contributed by atoms with Gasteiger partial charge >= 0.3 is 0 Å². The maximum atomic E-state index is 14.0. The van der Waals surface area contributed by atoms with Gasteiger partial charge in [-0.15, -0.1) is 0 Å². The van der Waals surface area contributed by atoms with Gasteiger partial charge in [-0.25, -0.2) is 12.8 Å². The van der Waals surface area contributed by atoms with Crippen LogP contribution in [0.15, 0.2) is 59.5 Å². The normalized spacial score (nSPS) is 23.7. The van der Waals surface area contributed by atoms with Crippen LogP contribution in [0, 0.1) is 23.6 Å². The third-order valence-corrected chi connectivity index (χ3v) is 8.27. The summed E-state index contributed by atoms with van der Waals surface area (Å²) in [5.41, 5.74) is 1.11. The molecule has 1 N–H and O–H groups in total. The molecule has 1 heterocycles. The molecule has 1 saturated heterocycles. The number of hydrogen-bond acceptors (Lipinski definition) is 3. The summed E-state index contributed by atoms with van der Waals surface area (Å²) >= 11 is 0. The van der Waals surface area contributed by atoms with Gasteiger partial charge in [-0.3, -0.25) is 4.79 Å². The number of benzene rings is 2. The van der Waals surface area contributed by atoms with Crippen molar-refractivity contribution in [1.82, 2.24) is 9.62 Å². The van der Waals surface area contributed by atoms with Crippen molar-refractivity contribution in [3.05, 3.63) is 66.0 Å². The Morgan fingerprint density at radius 2 is 1.67 bits per heavy atom. The fraction of sp³-hybridized carbons (Fsp3) is 0.435. The molecule has 5 nitrogen and oxygen atoms in total. The first-order valence-electron chi connectivity index (χ1n) is 10.5. The first-order valence-corrected chi connectivity index (χ1v) is 11.9. The van der Waals surface area contributed by atoms with Gasteiger partial charge in [0.15, 0.2) is 0 Å². The summed E-state index contributed by atoms with van der Waals surface area (Å²) in [6.45, 7) is 2.62. The van der Waals surface area contributed by atoms with Gasteiger partial charge in [0, 0.05) is 19.0 Å². The van der Waals surface area contributed by atoms with Gasteiger partial charge in [-0.05, 0) is 48.8 Å². The molecule has 4 rings (SSSR count). The summed E-state index contributed by atoms with van der Waals surface area (Å²) in [6, 6.07) is 15.4. The molecule has 1 aliphatic carbocycles. The molecular formula is C23H27FN2O3S. The molecular weight excluding hydrogens is 403 g/mol. The molecule has 0 spiro atoms. The standard InChI is InChI=1S/C23H27FN2O3S/c1-16-15-19(16)22(17-7-3-2-4-8-17)25-23(27)18-11-13-26(14-12-18)30(28,29)21-10-6-5-9-20(21)24/h2-10,16,18-19,22H,11-15H2,1H3,(H,25,27). The minimum Gasteiger partial charge on any atom is -0.349 e. The van der Waals surface area contributed by atoms with Crippen LogP contribution in [-0.2, 0) is 14.8 Å². The average Bonchev–Trinajstić information content (AvgIpc) is 3.48. The van der Waals surface area contributed by atoms with E-state index in [0.717, 1.165) is 18.1 Å². The highest BCUT2D eigenvalue weighted by molar-refractivity contribution is 7.89. The van der Waals surface area contributed by atoms with Crippen LogP contribution >= 0.6 is 0 Å². The summed E-state index contributed by atoms with van der Waals surface area (Å²) in [6.07, 6.45) is 1.96. The maximum Gasteiger partial charge on any atom is 0.245 e. The largest absolute Gasteiger partial charge is 0.349 e.